The molecule has 5 atom stereocenters. The predicted octanol–water partition coefficient (Wildman–Crippen LogP) is 2.23. The number of pyridine rings is 2. The number of carbonyl (C=O) groups excluding carboxylic acids is 2. The molecule has 0 aliphatic heterocycles. The molecule has 0 saturated heterocycles. The highest BCUT2D eigenvalue weighted by Crippen LogP contribution is 2.52. The third-order valence-corrected chi connectivity index (χ3v) is 8.10. The second-order valence-electron chi connectivity index (χ2n) is 10.3. The highest BCUT2D eigenvalue weighted by molar-refractivity contribution is 5.89. The van der Waals surface area contributed by atoms with Gasteiger partial charge in [-0.2, -0.15) is 5.10 Å². The summed E-state index contributed by atoms with van der Waals surface area (Å²) in [4.78, 5) is 46.6. The Hall–Kier alpha value is -4.49. The number of anilines is 2. The first-order chi connectivity index (χ1) is 20.4. The summed E-state index contributed by atoms with van der Waals surface area (Å²) in [7, 11) is 1.19. The number of alkyl halides is 1. The Morgan fingerprint density at radius 3 is 2.80 bits per heavy atom. The Kier molecular flexibility index (Phi) is 5.20. The van der Waals surface area contributed by atoms with Crippen molar-refractivity contribution in [3.8, 4) is 0 Å². The van der Waals surface area contributed by atoms with Crippen molar-refractivity contribution in [3.63, 3.8) is 0 Å². The zero-order valence-electron chi connectivity index (χ0n) is 24.8. The van der Waals surface area contributed by atoms with Crippen LogP contribution >= 0.6 is 0 Å². The average molecular weight is 555 g/mol. The number of hydrogen-bond acceptors (Lipinski definition) is 8. The summed E-state index contributed by atoms with van der Waals surface area (Å²) < 4.78 is 47.0. The molecule has 4 aromatic rings. The molecular formula is C26H30FN9O4. The molecule has 210 valence electrons. The molecule has 14 heteroatoms. The number of aromatic nitrogens is 6. The highest BCUT2D eigenvalue weighted by Gasteiger charge is 2.61. The van der Waals surface area contributed by atoms with Crippen molar-refractivity contribution in [1.29, 1.82) is 0 Å². The number of methoxy groups -OCH3 is 1. The van der Waals surface area contributed by atoms with E-state index >= 15 is 4.39 Å². The lowest BCUT2D eigenvalue weighted by molar-refractivity contribution is -0.123. The van der Waals surface area contributed by atoms with E-state index in [1.165, 1.54) is 19.4 Å². The van der Waals surface area contributed by atoms with E-state index in [0.29, 0.717) is 27.8 Å². The molecule has 13 nitrogen and oxygen atoms in total. The lowest BCUT2D eigenvalue weighted by Crippen LogP contribution is -2.37. The minimum absolute atomic E-state index is 0.00337. The number of alkyl carbamates (subject to hydrolysis) is 1. The molecule has 4 heterocycles. The SMILES string of the molecule is [2H]C([2H])([2H])n1c(=O)n(C2CC(NC(=O)OC)CC2F)c2cc(Nc3ccc4cnn([C@@]5(C(N)=O)C[C@@H]5CC)c4n3)ncc21. The molecule has 4 aromatic heterocycles. The van der Waals surface area contributed by atoms with E-state index in [4.69, 9.17) is 9.85 Å². The van der Waals surface area contributed by atoms with Crippen molar-refractivity contribution < 1.29 is 22.8 Å². The molecule has 0 bridgehead atoms. The number of hydrogen-bond donors (Lipinski definition) is 3. The topological polar surface area (TPSA) is 164 Å². The number of fused-ring (bicyclic) bond motifs is 2. The van der Waals surface area contributed by atoms with Crippen LogP contribution in [0, 0.1) is 5.92 Å². The highest BCUT2D eigenvalue weighted by atomic mass is 19.1. The number of primary amides is 1. The van der Waals surface area contributed by atoms with Gasteiger partial charge in [0.15, 0.2) is 5.65 Å². The van der Waals surface area contributed by atoms with Gasteiger partial charge in [0.25, 0.3) is 0 Å². The van der Waals surface area contributed by atoms with Gasteiger partial charge in [-0.05, 0) is 30.9 Å². The van der Waals surface area contributed by atoms with Crippen LogP contribution in [-0.4, -0.2) is 60.2 Å². The molecule has 4 N–H and O–H groups in total. The molecule has 40 heavy (non-hydrogen) atoms. The molecule has 2 amide bonds. The summed E-state index contributed by atoms with van der Waals surface area (Å²) >= 11 is 0. The number of rotatable bonds is 7. The third kappa shape index (κ3) is 3.88. The molecule has 2 fully saturated rings. The van der Waals surface area contributed by atoms with Gasteiger partial charge in [0.05, 0.1) is 36.6 Å². The molecule has 2 saturated carbocycles. The second-order valence-corrected chi connectivity index (χ2v) is 10.3. The van der Waals surface area contributed by atoms with Crippen LogP contribution in [0.4, 0.5) is 20.8 Å². The van der Waals surface area contributed by atoms with Crippen molar-refractivity contribution in [2.24, 2.45) is 18.6 Å². The van der Waals surface area contributed by atoms with Gasteiger partial charge in [-0.1, -0.05) is 13.3 Å². The Balaban J connectivity index is 1.39. The number of imidazole rings is 1. The van der Waals surface area contributed by atoms with Crippen molar-refractivity contribution >= 4 is 45.7 Å². The first-order valence-corrected chi connectivity index (χ1v) is 12.9. The maximum absolute atomic E-state index is 15.3. The van der Waals surface area contributed by atoms with E-state index in [-0.39, 0.29) is 35.6 Å². The first kappa shape index (κ1) is 22.3. The van der Waals surface area contributed by atoms with Crippen LogP contribution in [0.25, 0.3) is 22.1 Å². The fraction of sp³-hybridized carbons (Fsp3) is 0.462. The summed E-state index contributed by atoms with van der Waals surface area (Å²) in [6, 6.07) is 3.24. The fourth-order valence-electron chi connectivity index (χ4n) is 5.94. The van der Waals surface area contributed by atoms with Gasteiger partial charge >= 0.3 is 11.8 Å². The first-order valence-electron chi connectivity index (χ1n) is 14.4. The molecule has 0 radical (unpaired) electrons. The number of nitrogens with two attached hydrogens (primary N) is 1. The second kappa shape index (κ2) is 9.31. The van der Waals surface area contributed by atoms with E-state index in [9.17, 15) is 14.4 Å². The predicted molar refractivity (Wildman–Crippen MR) is 144 cm³/mol. The van der Waals surface area contributed by atoms with Crippen LogP contribution in [0.2, 0.25) is 0 Å². The molecule has 2 aliphatic rings. The molecule has 0 aromatic carbocycles. The van der Waals surface area contributed by atoms with Crippen molar-refractivity contribution in [1.82, 2.24) is 34.2 Å². The van der Waals surface area contributed by atoms with Crippen molar-refractivity contribution in [3.05, 3.63) is 41.1 Å². The van der Waals surface area contributed by atoms with Crippen molar-refractivity contribution in [2.75, 3.05) is 12.4 Å². The largest absolute Gasteiger partial charge is 0.453 e. The molecule has 0 spiro atoms. The molecular weight excluding hydrogens is 521 g/mol. The van der Waals surface area contributed by atoms with E-state index in [2.05, 4.69) is 30.4 Å². The zero-order valence-corrected chi connectivity index (χ0v) is 21.8. The van der Waals surface area contributed by atoms with E-state index in [1.54, 1.807) is 23.0 Å². The summed E-state index contributed by atoms with van der Waals surface area (Å²) in [5, 5.41) is 10.7. The normalized spacial score (nSPS) is 27.2. The van der Waals surface area contributed by atoms with Gasteiger partial charge in [0.1, 0.15) is 23.3 Å². The third-order valence-electron chi connectivity index (χ3n) is 8.10. The zero-order chi connectivity index (χ0) is 30.8. The van der Waals surface area contributed by atoms with E-state index in [1.807, 2.05) is 6.92 Å². The number of halogens is 1. The Labute approximate surface area is 231 Å². The van der Waals surface area contributed by atoms with E-state index < -0.39 is 48.5 Å². The van der Waals surface area contributed by atoms with Crippen LogP contribution < -0.4 is 22.1 Å². The van der Waals surface area contributed by atoms with Crippen LogP contribution in [0.3, 0.4) is 0 Å². The number of nitrogens with one attached hydrogen (secondary N) is 2. The average Bonchev–Trinajstić information content (AvgIpc) is 3.19. The quantitative estimate of drug-likeness (QED) is 0.313. The Morgan fingerprint density at radius 1 is 1.27 bits per heavy atom. The minimum atomic E-state index is -2.86. The number of aryl methyl sites for hydroxylation is 1. The molecule has 3 unspecified atom stereocenters. The van der Waals surface area contributed by atoms with Crippen LogP contribution in [0.15, 0.2) is 35.4 Å². The maximum atomic E-state index is 15.3. The van der Waals surface area contributed by atoms with Gasteiger partial charge in [-0.15, -0.1) is 0 Å². The monoisotopic (exact) mass is 554 g/mol. The lowest BCUT2D eigenvalue weighted by Gasteiger charge is -2.16. The van der Waals surface area contributed by atoms with Gasteiger partial charge in [-0.3, -0.25) is 13.9 Å². The smallest absolute Gasteiger partial charge is 0.407 e. The van der Waals surface area contributed by atoms with Crippen LogP contribution in [0.5, 0.6) is 0 Å². The maximum Gasteiger partial charge on any atom is 0.407 e. The summed E-state index contributed by atoms with van der Waals surface area (Å²) in [5.41, 5.74) is 4.50. The van der Waals surface area contributed by atoms with Crippen molar-refractivity contribution in [2.45, 2.75) is 56.4 Å². The van der Waals surface area contributed by atoms with E-state index in [0.717, 1.165) is 11.0 Å². The Morgan fingerprint density at radius 2 is 2.10 bits per heavy atom. The standard InChI is InChI=1S/C26H30FN9O4/c1-4-14-10-26(14,23(28)37)36-22-13(11-30-36)5-6-20(33-22)32-21-9-18-19(12-29-21)34(2)25(39)35(18)17-8-15(7-16(17)27)31-24(38)40-3/h5-6,9,11-12,14-17H,4,7-8,10H2,1-3H3,(H2,28,37)(H,31,38)(H,29,32,33)/t14-,15?,16?,17?,26-/m0/s1/i2D3. The van der Waals surface area contributed by atoms with Crippen LogP contribution in [-0.2, 0) is 22.0 Å². The number of carbonyl (C=O) groups is 2. The summed E-state index contributed by atoms with van der Waals surface area (Å²) in [6.45, 7) is -0.874. The number of nitrogens with zero attached hydrogens (tertiary/aromatic N) is 6. The number of amides is 2. The Bertz CT molecular complexity index is 1820. The van der Waals surface area contributed by atoms with Gasteiger partial charge in [-0.25, -0.2) is 28.6 Å². The summed E-state index contributed by atoms with van der Waals surface area (Å²) in [5.74, 6) is 0.120. The van der Waals surface area contributed by atoms with Gasteiger partial charge < -0.3 is 21.1 Å². The molecule has 2 aliphatic carbocycles. The van der Waals surface area contributed by atoms with Gasteiger partial charge in [0, 0.05) is 35.0 Å². The lowest BCUT2D eigenvalue weighted by atomic mass is 10.1. The number of ether oxygens (including phenoxy) is 1. The molecule has 6 rings (SSSR count). The van der Waals surface area contributed by atoms with Gasteiger partial charge in [0.2, 0.25) is 5.91 Å². The van der Waals surface area contributed by atoms with Crippen LogP contribution in [0.1, 0.15) is 42.8 Å². The summed E-state index contributed by atoms with van der Waals surface area (Å²) in [6.07, 6.45) is 1.86. The minimum Gasteiger partial charge on any atom is -0.453 e. The fourth-order valence-corrected chi connectivity index (χ4v) is 5.94.